The largest absolute Gasteiger partial charge is 0.481 e. The summed E-state index contributed by atoms with van der Waals surface area (Å²) in [5.41, 5.74) is 1.03. The smallest absolute Gasteiger partial charge is 0.213 e. The molecule has 0 aliphatic rings. The van der Waals surface area contributed by atoms with Crippen LogP contribution >= 0.6 is 0 Å². The van der Waals surface area contributed by atoms with Gasteiger partial charge in [-0.2, -0.15) is 0 Å². The van der Waals surface area contributed by atoms with Gasteiger partial charge >= 0.3 is 0 Å². The lowest BCUT2D eigenvalue weighted by Gasteiger charge is -2.07. The molecule has 0 aliphatic heterocycles. The summed E-state index contributed by atoms with van der Waals surface area (Å²) in [6.07, 6.45) is 2.50. The molecule has 1 rings (SSSR count). The van der Waals surface area contributed by atoms with Gasteiger partial charge < -0.3 is 10.1 Å². The van der Waals surface area contributed by atoms with Gasteiger partial charge in [-0.25, -0.2) is 4.98 Å². The van der Waals surface area contributed by atoms with Crippen molar-refractivity contribution in [2.75, 3.05) is 13.7 Å². The molecule has 1 heterocycles. The number of hydrogen-bond donors (Lipinski definition) is 1. The first-order valence-corrected chi connectivity index (χ1v) is 5.93. The van der Waals surface area contributed by atoms with Crippen LogP contribution in [0.15, 0.2) is 18.2 Å². The quantitative estimate of drug-likeness (QED) is 0.720. The third kappa shape index (κ3) is 5.12. The molecule has 0 aliphatic carbocycles. The van der Waals surface area contributed by atoms with Crippen molar-refractivity contribution in [2.45, 2.75) is 33.2 Å². The van der Waals surface area contributed by atoms with Crippen LogP contribution in [-0.2, 0) is 6.54 Å². The van der Waals surface area contributed by atoms with Gasteiger partial charge in [0.1, 0.15) is 0 Å². The fraction of sp³-hybridized carbons (Fsp3) is 0.615. The standard InChI is InChI=1S/C13H22N2O/c1-11(2)6-5-9-14-10-12-7-4-8-13(15-12)16-3/h4,7-8,11,14H,5-6,9-10H2,1-3H3. The monoisotopic (exact) mass is 222 g/mol. The molecular formula is C13H22N2O. The Bertz CT molecular complexity index is 300. The van der Waals surface area contributed by atoms with Crippen LogP contribution in [0.2, 0.25) is 0 Å². The summed E-state index contributed by atoms with van der Waals surface area (Å²) in [7, 11) is 1.64. The molecule has 3 nitrogen and oxygen atoms in total. The Labute approximate surface area is 98.2 Å². The molecule has 0 saturated heterocycles. The van der Waals surface area contributed by atoms with Gasteiger partial charge in [0, 0.05) is 12.6 Å². The van der Waals surface area contributed by atoms with Crippen molar-refractivity contribution in [2.24, 2.45) is 5.92 Å². The Hall–Kier alpha value is -1.09. The van der Waals surface area contributed by atoms with E-state index in [-0.39, 0.29) is 0 Å². The minimum atomic E-state index is 0.682. The molecule has 0 aromatic carbocycles. The predicted molar refractivity (Wildman–Crippen MR) is 66.6 cm³/mol. The molecule has 0 spiro atoms. The van der Waals surface area contributed by atoms with Gasteiger partial charge in [0.2, 0.25) is 5.88 Å². The van der Waals surface area contributed by atoms with Crippen LogP contribution < -0.4 is 10.1 Å². The topological polar surface area (TPSA) is 34.1 Å². The van der Waals surface area contributed by atoms with Crippen LogP contribution in [0.4, 0.5) is 0 Å². The average molecular weight is 222 g/mol. The second-order valence-electron chi connectivity index (χ2n) is 4.38. The van der Waals surface area contributed by atoms with Crippen molar-refractivity contribution in [3.8, 4) is 5.88 Å². The molecule has 0 fully saturated rings. The molecule has 0 bridgehead atoms. The normalized spacial score (nSPS) is 10.8. The fourth-order valence-electron chi connectivity index (χ4n) is 1.52. The van der Waals surface area contributed by atoms with Gasteiger partial charge in [0.05, 0.1) is 12.8 Å². The second-order valence-corrected chi connectivity index (χ2v) is 4.38. The van der Waals surface area contributed by atoms with Crippen molar-refractivity contribution in [3.05, 3.63) is 23.9 Å². The Morgan fingerprint density at radius 1 is 1.38 bits per heavy atom. The second kappa shape index (κ2) is 7.23. The van der Waals surface area contributed by atoms with E-state index in [1.807, 2.05) is 18.2 Å². The summed E-state index contributed by atoms with van der Waals surface area (Å²) in [6, 6.07) is 5.84. The van der Waals surface area contributed by atoms with Crippen molar-refractivity contribution in [1.82, 2.24) is 10.3 Å². The minimum Gasteiger partial charge on any atom is -0.481 e. The molecule has 3 heteroatoms. The highest BCUT2D eigenvalue weighted by molar-refractivity contribution is 5.15. The van der Waals surface area contributed by atoms with E-state index in [0.29, 0.717) is 5.88 Å². The first kappa shape index (κ1) is 13.0. The first-order valence-electron chi connectivity index (χ1n) is 5.93. The molecule has 16 heavy (non-hydrogen) atoms. The lowest BCUT2D eigenvalue weighted by molar-refractivity contribution is 0.395. The highest BCUT2D eigenvalue weighted by Crippen LogP contribution is 2.06. The van der Waals surface area contributed by atoms with Gasteiger partial charge in [-0.1, -0.05) is 19.9 Å². The summed E-state index contributed by atoms with van der Waals surface area (Å²) < 4.78 is 5.07. The molecule has 1 N–H and O–H groups in total. The Morgan fingerprint density at radius 2 is 2.19 bits per heavy atom. The number of nitrogens with one attached hydrogen (secondary N) is 1. The molecule has 0 amide bonds. The van der Waals surface area contributed by atoms with Crippen molar-refractivity contribution in [1.29, 1.82) is 0 Å². The molecule has 1 aromatic heterocycles. The Balaban J connectivity index is 2.21. The molecule has 0 saturated carbocycles. The first-order chi connectivity index (χ1) is 7.72. The third-order valence-electron chi connectivity index (χ3n) is 2.43. The fourth-order valence-corrected chi connectivity index (χ4v) is 1.52. The molecular weight excluding hydrogens is 200 g/mol. The summed E-state index contributed by atoms with van der Waals surface area (Å²) in [5.74, 6) is 1.47. The lowest BCUT2D eigenvalue weighted by Crippen LogP contribution is -2.16. The molecule has 1 aromatic rings. The number of ether oxygens (including phenoxy) is 1. The van der Waals surface area contributed by atoms with E-state index in [9.17, 15) is 0 Å². The number of pyridine rings is 1. The number of aromatic nitrogens is 1. The van der Waals surface area contributed by atoms with Crippen LogP contribution in [0.25, 0.3) is 0 Å². The highest BCUT2D eigenvalue weighted by Gasteiger charge is 1.97. The third-order valence-corrected chi connectivity index (χ3v) is 2.43. The molecule has 0 radical (unpaired) electrons. The van der Waals surface area contributed by atoms with Gasteiger partial charge in [0.15, 0.2) is 0 Å². The number of methoxy groups -OCH3 is 1. The maximum absolute atomic E-state index is 5.07. The van der Waals surface area contributed by atoms with Crippen LogP contribution in [0.3, 0.4) is 0 Å². The van der Waals surface area contributed by atoms with Gasteiger partial charge in [-0.05, 0) is 31.4 Å². The van der Waals surface area contributed by atoms with Crippen LogP contribution in [0, 0.1) is 5.92 Å². The molecule has 0 unspecified atom stereocenters. The summed E-state index contributed by atoms with van der Waals surface area (Å²) in [5, 5.41) is 3.39. The van der Waals surface area contributed by atoms with E-state index in [2.05, 4.69) is 24.1 Å². The van der Waals surface area contributed by atoms with E-state index in [0.717, 1.165) is 24.7 Å². The summed E-state index contributed by atoms with van der Waals surface area (Å²) >= 11 is 0. The Morgan fingerprint density at radius 3 is 2.88 bits per heavy atom. The van der Waals surface area contributed by atoms with Crippen molar-refractivity contribution >= 4 is 0 Å². The maximum Gasteiger partial charge on any atom is 0.213 e. The highest BCUT2D eigenvalue weighted by atomic mass is 16.5. The average Bonchev–Trinajstić information content (AvgIpc) is 2.28. The minimum absolute atomic E-state index is 0.682. The molecule has 90 valence electrons. The van der Waals surface area contributed by atoms with Crippen LogP contribution in [0.5, 0.6) is 5.88 Å². The van der Waals surface area contributed by atoms with E-state index in [4.69, 9.17) is 4.74 Å². The Kier molecular flexibility index (Phi) is 5.86. The molecule has 0 atom stereocenters. The van der Waals surface area contributed by atoms with E-state index < -0.39 is 0 Å². The van der Waals surface area contributed by atoms with Crippen molar-refractivity contribution < 1.29 is 4.74 Å². The van der Waals surface area contributed by atoms with Crippen molar-refractivity contribution in [3.63, 3.8) is 0 Å². The number of nitrogens with zero attached hydrogens (tertiary/aromatic N) is 1. The predicted octanol–water partition coefficient (Wildman–Crippen LogP) is 2.62. The van der Waals surface area contributed by atoms with E-state index in [1.165, 1.54) is 12.8 Å². The zero-order valence-electron chi connectivity index (χ0n) is 10.5. The summed E-state index contributed by atoms with van der Waals surface area (Å²) in [4.78, 5) is 4.34. The zero-order chi connectivity index (χ0) is 11.8. The number of rotatable bonds is 7. The van der Waals surface area contributed by atoms with Crippen LogP contribution in [0.1, 0.15) is 32.4 Å². The summed E-state index contributed by atoms with van der Waals surface area (Å²) in [6.45, 7) is 6.37. The zero-order valence-corrected chi connectivity index (χ0v) is 10.5. The van der Waals surface area contributed by atoms with Gasteiger partial charge in [-0.15, -0.1) is 0 Å². The maximum atomic E-state index is 5.07. The van der Waals surface area contributed by atoms with Crippen LogP contribution in [-0.4, -0.2) is 18.6 Å². The van der Waals surface area contributed by atoms with Gasteiger partial charge in [-0.3, -0.25) is 0 Å². The van der Waals surface area contributed by atoms with E-state index in [1.54, 1.807) is 7.11 Å². The van der Waals surface area contributed by atoms with E-state index >= 15 is 0 Å². The lowest BCUT2D eigenvalue weighted by atomic mass is 10.1. The SMILES string of the molecule is COc1cccc(CNCCCC(C)C)n1. The van der Waals surface area contributed by atoms with Gasteiger partial charge in [0.25, 0.3) is 0 Å². The number of hydrogen-bond acceptors (Lipinski definition) is 3.